The van der Waals surface area contributed by atoms with E-state index in [2.05, 4.69) is 10.6 Å². The van der Waals surface area contributed by atoms with Gasteiger partial charge in [0, 0.05) is 42.3 Å². The molecule has 148 valence electrons. The minimum Gasteiger partial charge on any atom is -0.508 e. The van der Waals surface area contributed by atoms with Crippen LogP contribution in [0.5, 0.6) is 5.75 Å². The summed E-state index contributed by atoms with van der Waals surface area (Å²) in [6.07, 6.45) is 0. The van der Waals surface area contributed by atoms with Crippen molar-refractivity contribution in [1.82, 2.24) is 0 Å². The zero-order chi connectivity index (χ0) is 21.0. The Hall–Kier alpha value is -3.80. The van der Waals surface area contributed by atoms with Gasteiger partial charge in [0.05, 0.1) is 0 Å². The van der Waals surface area contributed by atoms with Gasteiger partial charge in [-0.3, -0.25) is 9.59 Å². The summed E-state index contributed by atoms with van der Waals surface area (Å²) in [5.74, 6) is -0.486. The van der Waals surface area contributed by atoms with Crippen molar-refractivity contribution in [3.05, 3.63) is 83.4 Å². The molecule has 0 atom stereocenters. The fourth-order valence-corrected chi connectivity index (χ4v) is 2.77. The summed E-state index contributed by atoms with van der Waals surface area (Å²) in [4.78, 5) is 27.1. The van der Waals surface area contributed by atoms with Crippen LogP contribution >= 0.6 is 0 Å². The molecule has 0 unspecified atom stereocenters. The number of amides is 2. The fraction of sp³-hybridized carbons (Fsp3) is 0.130. The average Bonchev–Trinajstić information content (AvgIpc) is 2.70. The molecule has 0 fully saturated rings. The normalized spacial score (nSPS) is 10.3. The van der Waals surface area contributed by atoms with E-state index in [1.54, 1.807) is 18.2 Å². The van der Waals surface area contributed by atoms with Crippen molar-refractivity contribution in [3.8, 4) is 5.75 Å². The van der Waals surface area contributed by atoms with Gasteiger partial charge < -0.3 is 20.6 Å². The third-order valence-electron chi connectivity index (χ3n) is 4.50. The van der Waals surface area contributed by atoms with E-state index < -0.39 is 0 Å². The predicted molar refractivity (Wildman–Crippen MR) is 116 cm³/mol. The molecule has 0 aromatic heterocycles. The number of nitrogens with one attached hydrogen (secondary N) is 2. The van der Waals surface area contributed by atoms with E-state index in [1.165, 1.54) is 24.3 Å². The Morgan fingerprint density at radius 2 is 1.48 bits per heavy atom. The van der Waals surface area contributed by atoms with Crippen LogP contribution in [0.3, 0.4) is 0 Å². The second-order valence-electron chi connectivity index (χ2n) is 6.93. The molecule has 0 saturated carbocycles. The van der Waals surface area contributed by atoms with Gasteiger partial charge in [-0.2, -0.15) is 0 Å². The molecular formula is C23H23N3O3. The summed E-state index contributed by atoms with van der Waals surface area (Å²) in [5.41, 5.74) is 3.91. The number of anilines is 3. The summed E-state index contributed by atoms with van der Waals surface area (Å²) in [5, 5.41) is 15.1. The smallest absolute Gasteiger partial charge is 0.255 e. The highest BCUT2D eigenvalue weighted by molar-refractivity contribution is 6.08. The maximum absolute atomic E-state index is 12.7. The lowest BCUT2D eigenvalue weighted by Crippen LogP contribution is -2.16. The van der Waals surface area contributed by atoms with Crippen LogP contribution in [0.4, 0.5) is 17.1 Å². The highest BCUT2D eigenvalue weighted by Gasteiger charge is 2.12. The molecule has 0 spiro atoms. The molecule has 0 aliphatic rings. The lowest BCUT2D eigenvalue weighted by Gasteiger charge is -2.14. The Bertz CT molecular complexity index is 1040. The number of aryl methyl sites for hydroxylation is 1. The molecule has 0 aliphatic carbocycles. The Morgan fingerprint density at radius 3 is 2.17 bits per heavy atom. The largest absolute Gasteiger partial charge is 0.508 e. The topological polar surface area (TPSA) is 81.7 Å². The number of hydrogen-bond acceptors (Lipinski definition) is 4. The first-order valence-electron chi connectivity index (χ1n) is 9.13. The molecule has 3 N–H and O–H groups in total. The Morgan fingerprint density at radius 1 is 0.828 bits per heavy atom. The standard InChI is InChI=1S/C23H23N3O3/c1-15-7-8-17(23(29)24-18-5-4-6-19(14-18)26(2)3)13-21(15)25-22(28)16-9-11-20(27)12-10-16/h4-14,27H,1-3H3,(H,24,29)(H,25,28). The average molecular weight is 389 g/mol. The van der Waals surface area contributed by atoms with Crippen molar-refractivity contribution in [1.29, 1.82) is 0 Å². The summed E-state index contributed by atoms with van der Waals surface area (Å²) in [6.45, 7) is 1.86. The zero-order valence-electron chi connectivity index (χ0n) is 16.6. The van der Waals surface area contributed by atoms with Gasteiger partial charge in [-0.15, -0.1) is 0 Å². The van der Waals surface area contributed by atoms with E-state index in [4.69, 9.17) is 0 Å². The lowest BCUT2D eigenvalue weighted by molar-refractivity contribution is 0.101. The number of phenolic OH excluding ortho intramolecular Hbond substituents is 1. The van der Waals surface area contributed by atoms with Gasteiger partial charge in [0.2, 0.25) is 0 Å². The molecule has 0 aliphatic heterocycles. The number of carbonyl (C=O) groups excluding carboxylic acids is 2. The highest BCUT2D eigenvalue weighted by atomic mass is 16.3. The summed E-state index contributed by atoms with van der Waals surface area (Å²) in [7, 11) is 3.87. The number of rotatable bonds is 5. The summed E-state index contributed by atoms with van der Waals surface area (Å²) < 4.78 is 0. The van der Waals surface area contributed by atoms with Crippen LogP contribution in [0, 0.1) is 6.92 Å². The van der Waals surface area contributed by atoms with Crippen LogP contribution in [-0.4, -0.2) is 31.0 Å². The summed E-state index contributed by atoms with van der Waals surface area (Å²) >= 11 is 0. The molecule has 0 radical (unpaired) electrons. The van der Waals surface area contributed by atoms with Gasteiger partial charge >= 0.3 is 0 Å². The van der Waals surface area contributed by atoms with Crippen LogP contribution in [0.15, 0.2) is 66.7 Å². The molecule has 0 heterocycles. The molecule has 0 saturated heterocycles. The molecule has 0 bridgehead atoms. The second-order valence-corrected chi connectivity index (χ2v) is 6.93. The monoisotopic (exact) mass is 389 g/mol. The fourth-order valence-electron chi connectivity index (χ4n) is 2.77. The van der Waals surface area contributed by atoms with E-state index in [0.717, 1.165) is 11.3 Å². The van der Waals surface area contributed by atoms with Crippen molar-refractivity contribution >= 4 is 28.9 Å². The van der Waals surface area contributed by atoms with Gasteiger partial charge in [-0.05, 0) is 67.1 Å². The number of aromatic hydroxyl groups is 1. The van der Waals surface area contributed by atoms with Gasteiger partial charge in [0.1, 0.15) is 5.75 Å². The number of benzene rings is 3. The van der Waals surface area contributed by atoms with Crippen molar-refractivity contribution in [2.45, 2.75) is 6.92 Å². The maximum atomic E-state index is 12.7. The quantitative estimate of drug-likeness (QED) is 0.609. The van der Waals surface area contributed by atoms with E-state index in [9.17, 15) is 14.7 Å². The third kappa shape index (κ3) is 4.93. The number of phenols is 1. The van der Waals surface area contributed by atoms with Crippen LogP contribution in [-0.2, 0) is 0 Å². The van der Waals surface area contributed by atoms with Gasteiger partial charge in [0.25, 0.3) is 11.8 Å². The molecular weight excluding hydrogens is 366 g/mol. The van der Waals surface area contributed by atoms with E-state index in [-0.39, 0.29) is 17.6 Å². The van der Waals surface area contributed by atoms with Crippen molar-refractivity contribution < 1.29 is 14.7 Å². The van der Waals surface area contributed by atoms with Crippen LogP contribution < -0.4 is 15.5 Å². The first-order valence-corrected chi connectivity index (χ1v) is 9.13. The van der Waals surface area contributed by atoms with Gasteiger partial charge in [0.15, 0.2) is 0 Å². The minimum absolute atomic E-state index is 0.0923. The van der Waals surface area contributed by atoms with Crippen molar-refractivity contribution in [2.24, 2.45) is 0 Å². The molecule has 6 heteroatoms. The molecule has 3 aromatic rings. The number of carbonyl (C=O) groups is 2. The molecule has 3 rings (SSSR count). The first-order chi connectivity index (χ1) is 13.8. The number of nitrogens with zero attached hydrogens (tertiary/aromatic N) is 1. The van der Waals surface area contributed by atoms with E-state index >= 15 is 0 Å². The summed E-state index contributed by atoms with van der Waals surface area (Å²) in [6, 6.07) is 18.7. The maximum Gasteiger partial charge on any atom is 0.255 e. The Balaban J connectivity index is 1.77. The first kappa shape index (κ1) is 19.9. The highest BCUT2D eigenvalue weighted by Crippen LogP contribution is 2.21. The second kappa shape index (κ2) is 8.48. The SMILES string of the molecule is Cc1ccc(C(=O)Nc2cccc(N(C)C)c2)cc1NC(=O)c1ccc(O)cc1. The van der Waals surface area contributed by atoms with E-state index in [0.29, 0.717) is 22.5 Å². The van der Waals surface area contributed by atoms with Gasteiger partial charge in [-0.25, -0.2) is 0 Å². The molecule has 6 nitrogen and oxygen atoms in total. The Kier molecular flexibility index (Phi) is 5.83. The van der Waals surface area contributed by atoms with Crippen molar-refractivity contribution in [2.75, 3.05) is 29.6 Å². The molecule has 2 amide bonds. The number of hydrogen-bond donors (Lipinski definition) is 3. The third-order valence-corrected chi connectivity index (χ3v) is 4.50. The predicted octanol–water partition coefficient (Wildman–Crippen LogP) is 4.27. The van der Waals surface area contributed by atoms with Crippen LogP contribution in [0.25, 0.3) is 0 Å². The molecule has 29 heavy (non-hydrogen) atoms. The lowest BCUT2D eigenvalue weighted by atomic mass is 10.1. The van der Waals surface area contributed by atoms with Crippen molar-refractivity contribution in [3.63, 3.8) is 0 Å². The minimum atomic E-state index is -0.315. The van der Waals surface area contributed by atoms with Crippen LogP contribution in [0.2, 0.25) is 0 Å². The Labute approximate surface area is 169 Å². The van der Waals surface area contributed by atoms with Crippen LogP contribution in [0.1, 0.15) is 26.3 Å². The zero-order valence-corrected chi connectivity index (χ0v) is 16.6. The van der Waals surface area contributed by atoms with E-state index in [1.807, 2.05) is 50.2 Å². The molecule has 3 aromatic carbocycles. The van der Waals surface area contributed by atoms with Gasteiger partial charge in [-0.1, -0.05) is 12.1 Å².